The highest BCUT2D eigenvalue weighted by Gasteiger charge is 2.37. The topological polar surface area (TPSA) is 132 Å². The zero-order valence-electron chi connectivity index (χ0n) is 13.8. The van der Waals surface area contributed by atoms with Gasteiger partial charge in [0.2, 0.25) is 11.7 Å². The van der Waals surface area contributed by atoms with Gasteiger partial charge in [-0.15, -0.1) is 0 Å². The Morgan fingerprint density at radius 3 is 1.88 bits per heavy atom. The van der Waals surface area contributed by atoms with Gasteiger partial charge in [-0.05, 0) is 32.1 Å². The number of rotatable bonds is 7. The molecule has 138 valence electrons. The van der Waals surface area contributed by atoms with E-state index < -0.39 is 35.7 Å². The van der Waals surface area contributed by atoms with Gasteiger partial charge in [0.1, 0.15) is 12.1 Å². The summed E-state index contributed by atoms with van der Waals surface area (Å²) in [4.78, 5) is 60.7. The minimum atomic E-state index is -1.12. The minimum Gasteiger partial charge on any atom is -0.480 e. The van der Waals surface area contributed by atoms with Crippen LogP contribution in [-0.4, -0.2) is 74.7 Å². The van der Waals surface area contributed by atoms with Crippen molar-refractivity contribution >= 4 is 29.5 Å². The van der Waals surface area contributed by atoms with E-state index in [9.17, 15) is 24.0 Å². The number of aliphatic carboxylic acids is 2. The lowest BCUT2D eigenvalue weighted by Crippen LogP contribution is -2.44. The second kappa shape index (κ2) is 8.09. The Bertz CT molecular complexity index is 589. The summed E-state index contributed by atoms with van der Waals surface area (Å²) >= 11 is 0. The molecule has 25 heavy (non-hydrogen) atoms. The van der Waals surface area contributed by atoms with Crippen molar-refractivity contribution in [3.63, 3.8) is 0 Å². The van der Waals surface area contributed by atoms with Crippen molar-refractivity contribution in [2.45, 2.75) is 57.0 Å². The van der Waals surface area contributed by atoms with Gasteiger partial charge in [0, 0.05) is 25.9 Å². The van der Waals surface area contributed by atoms with E-state index in [4.69, 9.17) is 10.2 Å². The molecular formula is C16H22N2O7. The molecule has 2 aliphatic rings. The summed E-state index contributed by atoms with van der Waals surface area (Å²) in [6.45, 7) is 0.630. The maximum atomic E-state index is 12.1. The molecule has 0 bridgehead atoms. The van der Waals surface area contributed by atoms with Crippen LogP contribution in [-0.2, 0) is 24.0 Å². The molecule has 2 unspecified atom stereocenters. The molecule has 2 N–H and O–H groups in total. The highest BCUT2D eigenvalue weighted by atomic mass is 16.4. The van der Waals surface area contributed by atoms with Crippen molar-refractivity contribution in [1.82, 2.24) is 9.80 Å². The number of Topliss-reactive ketones (excluding diaryl/α,β-unsaturated/α-hetero) is 1. The Hall–Kier alpha value is -2.45. The fourth-order valence-corrected chi connectivity index (χ4v) is 3.40. The number of nitrogens with zero attached hydrogens (tertiary/aromatic N) is 2. The van der Waals surface area contributed by atoms with E-state index in [1.807, 2.05) is 0 Å². The average molecular weight is 354 g/mol. The molecule has 2 rings (SSSR count). The summed E-state index contributed by atoms with van der Waals surface area (Å²) in [5.74, 6) is -4.03. The SMILES string of the molecule is O=C(CCCC(=O)N1CCCC1C(=O)O)C(=O)N1CCCC1C(=O)O. The largest absolute Gasteiger partial charge is 0.480 e. The first-order chi connectivity index (χ1) is 11.8. The lowest BCUT2D eigenvalue weighted by molar-refractivity contribution is -0.152. The van der Waals surface area contributed by atoms with Crippen LogP contribution < -0.4 is 0 Å². The lowest BCUT2D eigenvalue weighted by Gasteiger charge is -2.22. The van der Waals surface area contributed by atoms with E-state index in [0.29, 0.717) is 32.2 Å². The van der Waals surface area contributed by atoms with Gasteiger partial charge in [0.25, 0.3) is 5.91 Å². The van der Waals surface area contributed by atoms with Crippen molar-refractivity contribution in [3.05, 3.63) is 0 Å². The molecule has 0 saturated carbocycles. The highest BCUT2D eigenvalue weighted by Crippen LogP contribution is 2.20. The Morgan fingerprint density at radius 1 is 0.800 bits per heavy atom. The lowest BCUT2D eigenvalue weighted by atomic mass is 10.1. The normalized spacial score (nSPS) is 22.9. The highest BCUT2D eigenvalue weighted by molar-refractivity contribution is 6.36. The van der Waals surface area contributed by atoms with Crippen LogP contribution in [0.4, 0.5) is 0 Å². The predicted octanol–water partition coefficient (Wildman–Crippen LogP) is -0.123. The molecule has 0 aromatic rings. The summed E-state index contributed by atoms with van der Waals surface area (Å²) in [6, 6.07) is -1.77. The van der Waals surface area contributed by atoms with Crippen LogP contribution in [0, 0.1) is 0 Å². The Morgan fingerprint density at radius 2 is 1.32 bits per heavy atom. The van der Waals surface area contributed by atoms with Crippen molar-refractivity contribution in [1.29, 1.82) is 0 Å². The van der Waals surface area contributed by atoms with Gasteiger partial charge in [0.05, 0.1) is 0 Å². The molecule has 2 atom stereocenters. The molecule has 9 heteroatoms. The maximum Gasteiger partial charge on any atom is 0.326 e. The molecule has 0 radical (unpaired) electrons. The average Bonchev–Trinajstić information content (AvgIpc) is 3.22. The van der Waals surface area contributed by atoms with Crippen LogP contribution in [0.15, 0.2) is 0 Å². The van der Waals surface area contributed by atoms with E-state index in [1.54, 1.807) is 0 Å². The molecule has 2 heterocycles. The third kappa shape index (κ3) is 4.34. The summed E-state index contributed by atoms with van der Waals surface area (Å²) in [5, 5.41) is 18.1. The van der Waals surface area contributed by atoms with Crippen LogP contribution in [0.25, 0.3) is 0 Å². The minimum absolute atomic E-state index is 0.00877. The second-order valence-corrected chi connectivity index (χ2v) is 6.35. The van der Waals surface area contributed by atoms with Crippen LogP contribution in [0.1, 0.15) is 44.9 Å². The summed E-state index contributed by atoms with van der Waals surface area (Å²) in [5.41, 5.74) is 0. The van der Waals surface area contributed by atoms with Gasteiger partial charge in [-0.2, -0.15) is 0 Å². The predicted molar refractivity (Wildman–Crippen MR) is 83.6 cm³/mol. The molecule has 2 fully saturated rings. The second-order valence-electron chi connectivity index (χ2n) is 6.35. The van der Waals surface area contributed by atoms with Crippen molar-refractivity contribution in [3.8, 4) is 0 Å². The molecule has 2 saturated heterocycles. The number of carboxylic acids is 2. The number of amides is 2. The molecule has 0 aromatic carbocycles. The van der Waals surface area contributed by atoms with Crippen LogP contribution in [0.5, 0.6) is 0 Å². The number of ketones is 1. The van der Waals surface area contributed by atoms with Gasteiger partial charge < -0.3 is 20.0 Å². The van der Waals surface area contributed by atoms with Gasteiger partial charge in [0.15, 0.2) is 0 Å². The van der Waals surface area contributed by atoms with E-state index in [1.165, 1.54) is 4.90 Å². The monoisotopic (exact) mass is 354 g/mol. The number of hydrogen-bond acceptors (Lipinski definition) is 5. The van der Waals surface area contributed by atoms with Crippen LogP contribution in [0.2, 0.25) is 0 Å². The maximum absolute atomic E-state index is 12.1. The Labute approximate surface area is 144 Å². The first-order valence-electron chi connectivity index (χ1n) is 8.41. The molecule has 2 amide bonds. The smallest absolute Gasteiger partial charge is 0.326 e. The molecule has 2 aliphatic heterocycles. The molecular weight excluding hydrogens is 332 g/mol. The first kappa shape index (κ1) is 18.9. The van der Waals surface area contributed by atoms with E-state index >= 15 is 0 Å². The molecule has 9 nitrogen and oxygen atoms in total. The van der Waals surface area contributed by atoms with Gasteiger partial charge in [-0.25, -0.2) is 9.59 Å². The quantitative estimate of drug-likeness (QED) is 0.609. The fourth-order valence-electron chi connectivity index (χ4n) is 3.40. The molecule has 0 spiro atoms. The van der Waals surface area contributed by atoms with E-state index in [-0.39, 0.29) is 31.7 Å². The zero-order valence-corrected chi connectivity index (χ0v) is 13.8. The molecule has 0 aromatic heterocycles. The number of carboxylic acid groups (broad SMARTS) is 2. The third-order valence-electron chi connectivity index (χ3n) is 4.69. The molecule has 0 aliphatic carbocycles. The van der Waals surface area contributed by atoms with Gasteiger partial charge in [-0.1, -0.05) is 0 Å². The van der Waals surface area contributed by atoms with Gasteiger partial charge >= 0.3 is 11.9 Å². The van der Waals surface area contributed by atoms with Crippen molar-refractivity contribution < 1.29 is 34.2 Å². The standard InChI is InChI=1S/C16H22N2O7/c19-12(14(21)18-9-3-5-11(18)16(24)25)6-1-7-13(20)17-8-2-4-10(17)15(22)23/h10-11H,1-9H2,(H,22,23)(H,24,25). The first-order valence-corrected chi connectivity index (χ1v) is 8.41. The van der Waals surface area contributed by atoms with Crippen LogP contribution in [0.3, 0.4) is 0 Å². The van der Waals surface area contributed by atoms with Crippen LogP contribution >= 0.6 is 0 Å². The fraction of sp³-hybridized carbons (Fsp3) is 0.688. The third-order valence-corrected chi connectivity index (χ3v) is 4.69. The van der Waals surface area contributed by atoms with Gasteiger partial charge in [-0.3, -0.25) is 14.4 Å². The summed E-state index contributed by atoms with van der Waals surface area (Å²) in [6.07, 6.45) is 1.90. The van der Waals surface area contributed by atoms with Crippen molar-refractivity contribution in [2.75, 3.05) is 13.1 Å². The number of carbonyl (C=O) groups excluding carboxylic acids is 3. The number of hydrogen-bond donors (Lipinski definition) is 2. The Balaban J connectivity index is 1.80. The number of likely N-dealkylation sites (tertiary alicyclic amines) is 2. The van der Waals surface area contributed by atoms with Crippen molar-refractivity contribution in [2.24, 2.45) is 0 Å². The Kier molecular flexibility index (Phi) is 6.11. The summed E-state index contributed by atoms with van der Waals surface area (Å²) < 4.78 is 0. The zero-order chi connectivity index (χ0) is 18.6. The number of carbonyl (C=O) groups is 5. The van der Waals surface area contributed by atoms with E-state index in [0.717, 1.165) is 4.90 Å². The summed E-state index contributed by atoms with van der Waals surface area (Å²) in [7, 11) is 0. The van der Waals surface area contributed by atoms with E-state index in [2.05, 4.69) is 0 Å².